The van der Waals surface area contributed by atoms with Crippen LogP contribution in [-0.2, 0) is 4.74 Å². The molecule has 0 aromatic heterocycles. The minimum atomic E-state index is -4.14. The first-order valence-electron chi connectivity index (χ1n) is 8.33. The van der Waals surface area contributed by atoms with Crippen LogP contribution in [0.25, 0.3) is 10.8 Å². The van der Waals surface area contributed by atoms with Crippen molar-refractivity contribution in [2.75, 3.05) is 7.11 Å². The van der Waals surface area contributed by atoms with Crippen molar-refractivity contribution in [1.29, 1.82) is 0 Å². The van der Waals surface area contributed by atoms with Gasteiger partial charge in [-0.1, -0.05) is 23.7 Å². The third kappa shape index (κ3) is 3.90. The summed E-state index contributed by atoms with van der Waals surface area (Å²) in [5, 5.41) is 1.85. The second kappa shape index (κ2) is 7.35. The molecule has 0 amide bonds. The van der Waals surface area contributed by atoms with Crippen LogP contribution in [0.1, 0.15) is 36.0 Å². The van der Waals surface area contributed by atoms with Crippen molar-refractivity contribution in [3.05, 3.63) is 40.9 Å². The molecular weight excluding hydrogens is 369 g/mol. The molecule has 0 saturated heterocycles. The molecule has 0 spiro atoms. The molecule has 140 valence electrons. The molecule has 0 radical (unpaired) electrons. The van der Waals surface area contributed by atoms with Crippen LogP contribution in [0.15, 0.2) is 30.3 Å². The minimum absolute atomic E-state index is 0.0713. The number of alkyl halides is 3. The van der Waals surface area contributed by atoms with Crippen LogP contribution < -0.4 is 4.74 Å². The highest BCUT2D eigenvalue weighted by Gasteiger charge is 2.41. The Morgan fingerprint density at radius 3 is 2.42 bits per heavy atom. The molecular formula is C19H18ClF3O3. The van der Waals surface area contributed by atoms with Crippen molar-refractivity contribution < 1.29 is 27.4 Å². The van der Waals surface area contributed by atoms with Gasteiger partial charge in [-0.2, -0.15) is 13.2 Å². The van der Waals surface area contributed by atoms with Crippen molar-refractivity contribution in [2.24, 2.45) is 5.92 Å². The zero-order valence-corrected chi connectivity index (χ0v) is 14.9. The molecule has 0 bridgehead atoms. The van der Waals surface area contributed by atoms with E-state index >= 15 is 0 Å². The number of halogens is 4. The van der Waals surface area contributed by atoms with E-state index in [1.165, 1.54) is 7.11 Å². The summed E-state index contributed by atoms with van der Waals surface area (Å²) >= 11 is 6.41. The number of benzene rings is 2. The summed E-state index contributed by atoms with van der Waals surface area (Å²) in [4.78, 5) is 11.6. The Morgan fingerprint density at radius 2 is 1.81 bits per heavy atom. The molecule has 1 aliphatic rings. The number of hydrogen-bond acceptors (Lipinski definition) is 3. The lowest BCUT2D eigenvalue weighted by Gasteiger charge is -2.30. The van der Waals surface area contributed by atoms with Crippen LogP contribution in [0.4, 0.5) is 13.2 Å². The first kappa shape index (κ1) is 18.8. The maximum atomic E-state index is 12.8. The molecule has 1 aliphatic carbocycles. The van der Waals surface area contributed by atoms with Crippen molar-refractivity contribution >= 4 is 28.3 Å². The Kier molecular flexibility index (Phi) is 5.32. The van der Waals surface area contributed by atoms with Gasteiger partial charge in [-0.15, -0.1) is 0 Å². The van der Waals surface area contributed by atoms with Gasteiger partial charge in [0.05, 0.1) is 29.7 Å². The summed E-state index contributed by atoms with van der Waals surface area (Å²) in [5.41, 5.74) is 0.412. The van der Waals surface area contributed by atoms with E-state index in [4.69, 9.17) is 21.1 Å². The lowest BCUT2D eigenvalue weighted by Crippen LogP contribution is -2.31. The third-order valence-electron chi connectivity index (χ3n) is 4.77. The molecule has 0 N–H and O–H groups in total. The van der Waals surface area contributed by atoms with Crippen molar-refractivity contribution in [3.8, 4) is 5.75 Å². The number of rotatable bonds is 3. The van der Waals surface area contributed by atoms with Crippen molar-refractivity contribution in [3.63, 3.8) is 0 Å². The number of ether oxygens (including phenoxy) is 2. The maximum absolute atomic E-state index is 12.8. The summed E-state index contributed by atoms with van der Waals surface area (Å²) in [6, 6.07) is 8.44. The molecule has 0 aliphatic heterocycles. The topological polar surface area (TPSA) is 35.5 Å². The lowest BCUT2D eigenvalue weighted by atomic mass is 9.87. The van der Waals surface area contributed by atoms with Crippen LogP contribution in [-0.4, -0.2) is 25.4 Å². The van der Waals surface area contributed by atoms with Gasteiger partial charge < -0.3 is 9.47 Å². The molecule has 1 fully saturated rings. The smallest absolute Gasteiger partial charge is 0.391 e. The van der Waals surface area contributed by atoms with Crippen LogP contribution in [0.5, 0.6) is 5.75 Å². The normalized spacial score (nSPS) is 20.8. The zero-order chi connectivity index (χ0) is 18.9. The average molecular weight is 387 g/mol. The van der Waals surface area contributed by atoms with E-state index in [1.54, 1.807) is 30.3 Å². The monoisotopic (exact) mass is 386 g/mol. The number of carbonyl (C=O) groups is 1. The van der Waals surface area contributed by atoms with Crippen molar-refractivity contribution in [1.82, 2.24) is 0 Å². The summed E-state index contributed by atoms with van der Waals surface area (Å²) in [6.45, 7) is 0. The predicted molar refractivity (Wildman–Crippen MR) is 92.7 cm³/mol. The van der Waals surface area contributed by atoms with Crippen LogP contribution >= 0.6 is 11.6 Å². The summed E-state index contributed by atoms with van der Waals surface area (Å²) in [6.07, 6.45) is -3.58. The highest BCUT2D eigenvalue weighted by molar-refractivity contribution is 6.37. The average Bonchev–Trinajstić information content (AvgIpc) is 2.63. The number of hydrogen-bond donors (Lipinski definition) is 0. The van der Waals surface area contributed by atoms with Crippen molar-refractivity contribution in [2.45, 2.75) is 38.0 Å². The first-order valence-corrected chi connectivity index (χ1v) is 8.71. The molecule has 2 aromatic rings. The third-order valence-corrected chi connectivity index (χ3v) is 5.16. The minimum Gasteiger partial charge on any atom is -0.489 e. The molecule has 1 saturated carbocycles. The zero-order valence-electron chi connectivity index (χ0n) is 14.1. The van der Waals surface area contributed by atoms with E-state index in [1.807, 2.05) is 0 Å². The van der Waals surface area contributed by atoms with E-state index in [0.717, 1.165) is 5.39 Å². The van der Waals surface area contributed by atoms with E-state index in [2.05, 4.69) is 0 Å². The van der Waals surface area contributed by atoms with Crippen LogP contribution in [0.2, 0.25) is 5.02 Å². The molecule has 7 heteroatoms. The van der Waals surface area contributed by atoms with Gasteiger partial charge in [0.25, 0.3) is 0 Å². The van der Waals surface area contributed by atoms with Gasteiger partial charge in [0.15, 0.2) is 0 Å². The largest absolute Gasteiger partial charge is 0.489 e. The molecule has 2 aromatic carbocycles. The Balaban J connectivity index is 1.75. The van der Waals surface area contributed by atoms with Gasteiger partial charge in [-0.25, -0.2) is 4.79 Å². The van der Waals surface area contributed by atoms with Crippen LogP contribution in [0, 0.1) is 5.92 Å². The summed E-state index contributed by atoms with van der Waals surface area (Å²) < 4.78 is 48.8. The first-order chi connectivity index (χ1) is 12.3. The van der Waals surface area contributed by atoms with E-state index < -0.39 is 18.1 Å². The van der Waals surface area contributed by atoms with Gasteiger partial charge in [-0.05, 0) is 49.3 Å². The molecule has 0 unspecified atom stereocenters. The van der Waals surface area contributed by atoms with Gasteiger partial charge >= 0.3 is 12.1 Å². The van der Waals surface area contributed by atoms with E-state index in [0.29, 0.717) is 34.6 Å². The number of methoxy groups -OCH3 is 1. The molecule has 3 rings (SSSR count). The Labute approximate surface area is 154 Å². The molecule has 26 heavy (non-hydrogen) atoms. The number of fused-ring (bicyclic) bond motifs is 1. The highest BCUT2D eigenvalue weighted by Crippen LogP contribution is 2.40. The number of carbonyl (C=O) groups excluding carboxylic acids is 1. The van der Waals surface area contributed by atoms with Gasteiger partial charge in [-0.3, -0.25) is 0 Å². The van der Waals surface area contributed by atoms with Gasteiger partial charge in [0.2, 0.25) is 0 Å². The summed E-state index contributed by atoms with van der Waals surface area (Å²) in [7, 11) is 1.31. The summed E-state index contributed by atoms with van der Waals surface area (Å²) in [5.74, 6) is -1.24. The second-order valence-electron chi connectivity index (χ2n) is 6.44. The Hall–Kier alpha value is -1.95. The molecule has 3 nitrogen and oxygen atoms in total. The second-order valence-corrected chi connectivity index (χ2v) is 6.82. The fourth-order valence-corrected chi connectivity index (χ4v) is 3.57. The Morgan fingerprint density at radius 1 is 1.12 bits per heavy atom. The quantitative estimate of drug-likeness (QED) is 0.627. The van der Waals surface area contributed by atoms with Gasteiger partial charge in [0, 0.05) is 5.39 Å². The fraction of sp³-hybridized carbons (Fsp3) is 0.421. The molecule has 0 heterocycles. The lowest BCUT2D eigenvalue weighted by molar-refractivity contribution is -0.185. The van der Waals surface area contributed by atoms with E-state index in [-0.39, 0.29) is 18.9 Å². The van der Waals surface area contributed by atoms with Gasteiger partial charge in [0.1, 0.15) is 5.75 Å². The maximum Gasteiger partial charge on any atom is 0.391 e. The van der Waals surface area contributed by atoms with E-state index in [9.17, 15) is 18.0 Å². The SMILES string of the molecule is COC(=O)c1ccc2c(Cl)c(OC3CCC(C(F)(F)F)CC3)ccc2c1. The van der Waals surface area contributed by atoms with Crippen LogP contribution in [0.3, 0.4) is 0 Å². The number of esters is 1. The highest BCUT2D eigenvalue weighted by atomic mass is 35.5. The predicted octanol–water partition coefficient (Wildman–Crippen LogP) is 5.78. The Bertz CT molecular complexity index is 812. The molecule has 0 atom stereocenters. The standard InChI is InChI=1S/C19H18ClF3O3/c1-25-18(24)12-2-8-15-11(10-12)3-9-16(17(15)20)26-14-6-4-13(5-7-14)19(21,22)23/h2-3,8-10,13-14H,4-7H2,1H3. The fourth-order valence-electron chi connectivity index (χ4n) is 3.30.